The van der Waals surface area contributed by atoms with E-state index < -0.39 is 0 Å². The van der Waals surface area contributed by atoms with E-state index in [1.165, 1.54) is 0 Å². The van der Waals surface area contributed by atoms with Gasteiger partial charge in [-0.1, -0.05) is 38.1 Å². The Bertz CT molecular complexity index is 640. The van der Waals surface area contributed by atoms with Crippen LogP contribution in [0.4, 0.5) is 5.69 Å². The lowest BCUT2D eigenvalue weighted by atomic mass is 10.1. The molecule has 2 aromatic carbocycles. The summed E-state index contributed by atoms with van der Waals surface area (Å²) in [5, 5.41) is 2.90. The number of para-hydroxylation sites is 2. The first-order valence-corrected chi connectivity index (χ1v) is 8.15. The van der Waals surface area contributed by atoms with Crippen molar-refractivity contribution in [1.82, 2.24) is 0 Å². The Kier molecular flexibility index (Phi) is 6.01. The molecule has 0 heterocycles. The van der Waals surface area contributed by atoms with Gasteiger partial charge in [0.25, 0.3) is 5.91 Å². The van der Waals surface area contributed by atoms with Crippen LogP contribution in [0.5, 0.6) is 5.75 Å². The minimum absolute atomic E-state index is 0.174. The molecule has 0 unspecified atom stereocenters. The molecule has 0 saturated carbocycles. The van der Waals surface area contributed by atoms with Crippen LogP contribution in [0.3, 0.4) is 0 Å². The number of hydrogen-bond acceptors (Lipinski definition) is 2. The van der Waals surface area contributed by atoms with Crippen molar-refractivity contribution in [2.45, 2.75) is 20.3 Å². The van der Waals surface area contributed by atoms with Crippen molar-refractivity contribution in [3.05, 3.63) is 58.6 Å². The number of ether oxygens (including phenoxy) is 1. The molecule has 0 atom stereocenters. The Morgan fingerprint density at radius 3 is 2.55 bits per heavy atom. The molecule has 0 fully saturated rings. The number of benzene rings is 2. The summed E-state index contributed by atoms with van der Waals surface area (Å²) in [5.74, 6) is 1.01. The van der Waals surface area contributed by atoms with Gasteiger partial charge in [-0.05, 0) is 52.5 Å². The number of carbonyl (C=O) groups excluding carboxylic acids is 1. The van der Waals surface area contributed by atoms with Gasteiger partial charge in [-0.25, -0.2) is 0 Å². The molecule has 0 saturated heterocycles. The fourth-order valence-electron chi connectivity index (χ4n) is 1.94. The molecule has 0 aliphatic rings. The van der Waals surface area contributed by atoms with Gasteiger partial charge in [0, 0.05) is 4.47 Å². The lowest BCUT2D eigenvalue weighted by Gasteiger charge is -2.13. The SMILES string of the molecule is CC(C)CCOc1ccccc1C(=O)Nc1ccccc1Br. The smallest absolute Gasteiger partial charge is 0.259 e. The number of rotatable bonds is 6. The van der Waals surface area contributed by atoms with E-state index in [1.54, 1.807) is 6.07 Å². The van der Waals surface area contributed by atoms with E-state index in [-0.39, 0.29) is 5.91 Å². The predicted molar refractivity (Wildman–Crippen MR) is 93.5 cm³/mol. The Morgan fingerprint density at radius 2 is 1.82 bits per heavy atom. The second-order valence-electron chi connectivity index (χ2n) is 5.46. The third-order valence-electron chi connectivity index (χ3n) is 3.21. The summed E-state index contributed by atoms with van der Waals surface area (Å²) >= 11 is 3.43. The van der Waals surface area contributed by atoms with Crippen molar-refractivity contribution in [3.8, 4) is 5.75 Å². The fourth-order valence-corrected chi connectivity index (χ4v) is 2.32. The Hall–Kier alpha value is -1.81. The lowest BCUT2D eigenvalue weighted by molar-refractivity contribution is 0.102. The standard InChI is InChI=1S/C18H20BrNO2/c1-13(2)11-12-22-17-10-6-3-7-14(17)18(21)20-16-9-5-4-8-15(16)19/h3-10,13H,11-12H2,1-2H3,(H,20,21). The molecule has 1 N–H and O–H groups in total. The van der Waals surface area contributed by atoms with E-state index in [1.807, 2.05) is 42.5 Å². The van der Waals surface area contributed by atoms with Crippen LogP contribution in [0.2, 0.25) is 0 Å². The Balaban J connectivity index is 2.11. The van der Waals surface area contributed by atoms with Crippen molar-refractivity contribution in [2.75, 3.05) is 11.9 Å². The quantitative estimate of drug-likeness (QED) is 0.774. The average molecular weight is 362 g/mol. The number of amides is 1. The zero-order valence-corrected chi connectivity index (χ0v) is 14.4. The number of anilines is 1. The van der Waals surface area contributed by atoms with Crippen molar-refractivity contribution >= 4 is 27.5 Å². The first kappa shape index (κ1) is 16.6. The maximum Gasteiger partial charge on any atom is 0.259 e. The van der Waals surface area contributed by atoms with Crippen LogP contribution in [-0.4, -0.2) is 12.5 Å². The van der Waals surface area contributed by atoms with Crippen LogP contribution in [0.1, 0.15) is 30.6 Å². The highest BCUT2D eigenvalue weighted by atomic mass is 79.9. The van der Waals surface area contributed by atoms with Crippen LogP contribution in [0, 0.1) is 5.92 Å². The Labute approximate surface area is 139 Å². The van der Waals surface area contributed by atoms with Crippen LogP contribution in [-0.2, 0) is 0 Å². The highest BCUT2D eigenvalue weighted by Gasteiger charge is 2.13. The summed E-state index contributed by atoms with van der Waals surface area (Å²) < 4.78 is 6.61. The molecule has 0 radical (unpaired) electrons. The summed E-state index contributed by atoms with van der Waals surface area (Å²) in [4.78, 5) is 12.5. The summed E-state index contributed by atoms with van der Waals surface area (Å²) in [6.07, 6.45) is 0.959. The van der Waals surface area contributed by atoms with Gasteiger partial charge >= 0.3 is 0 Å². The van der Waals surface area contributed by atoms with Gasteiger partial charge in [0.15, 0.2) is 0 Å². The molecule has 0 bridgehead atoms. The maximum absolute atomic E-state index is 12.5. The molecule has 2 rings (SSSR count). The number of halogens is 1. The normalized spacial score (nSPS) is 10.5. The van der Waals surface area contributed by atoms with E-state index in [2.05, 4.69) is 35.1 Å². The van der Waals surface area contributed by atoms with Crippen molar-refractivity contribution in [1.29, 1.82) is 0 Å². The van der Waals surface area contributed by atoms with Gasteiger partial charge in [0.2, 0.25) is 0 Å². The zero-order chi connectivity index (χ0) is 15.9. The van der Waals surface area contributed by atoms with Crippen LogP contribution >= 0.6 is 15.9 Å². The highest BCUT2D eigenvalue weighted by Crippen LogP contribution is 2.24. The largest absolute Gasteiger partial charge is 0.493 e. The Morgan fingerprint density at radius 1 is 1.14 bits per heavy atom. The molecule has 2 aromatic rings. The van der Waals surface area contributed by atoms with Gasteiger partial charge in [-0.3, -0.25) is 4.79 Å². The van der Waals surface area contributed by atoms with Gasteiger partial charge in [-0.15, -0.1) is 0 Å². The van der Waals surface area contributed by atoms with Crippen LogP contribution < -0.4 is 10.1 Å². The van der Waals surface area contributed by atoms with Gasteiger partial charge in [-0.2, -0.15) is 0 Å². The van der Waals surface area contributed by atoms with Gasteiger partial charge in [0.05, 0.1) is 17.9 Å². The first-order chi connectivity index (χ1) is 10.6. The summed E-state index contributed by atoms with van der Waals surface area (Å²) in [7, 11) is 0. The predicted octanol–water partition coefficient (Wildman–Crippen LogP) is 5.13. The second-order valence-corrected chi connectivity index (χ2v) is 6.32. The minimum atomic E-state index is -0.174. The van der Waals surface area contributed by atoms with Gasteiger partial charge < -0.3 is 10.1 Å². The number of nitrogens with one attached hydrogen (secondary N) is 1. The molecular formula is C18H20BrNO2. The van der Waals surface area contributed by atoms with E-state index >= 15 is 0 Å². The molecular weight excluding hydrogens is 342 g/mol. The molecule has 116 valence electrons. The van der Waals surface area contributed by atoms with Crippen molar-refractivity contribution in [3.63, 3.8) is 0 Å². The van der Waals surface area contributed by atoms with E-state index in [0.717, 1.165) is 16.6 Å². The third-order valence-corrected chi connectivity index (χ3v) is 3.90. The van der Waals surface area contributed by atoms with Crippen molar-refractivity contribution in [2.24, 2.45) is 5.92 Å². The van der Waals surface area contributed by atoms with Crippen LogP contribution in [0.25, 0.3) is 0 Å². The number of hydrogen-bond donors (Lipinski definition) is 1. The zero-order valence-electron chi connectivity index (χ0n) is 12.8. The molecule has 3 nitrogen and oxygen atoms in total. The van der Waals surface area contributed by atoms with E-state index in [4.69, 9.17) is 4.74 Å². The molecule has 0 aliphatic heterocycles. The highest BCUT2D eigenvalue weighted by molar-refractivity contribution is 9.10. The minimum Gasteiger partial charge on any atom is -0.493 e. The molecule has 4 heteroatoms. The third kappa shape index (κ3) is 4.60. The average Bonchev–Trinajstić information content (AvgIpc) is 2.49. The molecule has 0 spiro atoms. The van der Waals surface area contributed by atoms with Crippen molar-refractivity contribution < 1.29 is 9.53 Å². The van der Waals surface area contributed by atoms with Crippen LogP contribution in [0.15, 0.2) is 53.0 Å². The monoisotopic (exact) mass is 361 g/mol. The van der Waals surface area contributed by atoms with E-state index in [9.17, 15) is 4.79 Å². The molecule has 1 amide bonds. The molecule has 0 aliphatic carbocycles. The lowest BCUT2D eigenvalue weighted by Crippen LogP contribution is -2.14. The van der Waals surface area contributed by atoms with Gasteiger partial charge in [0.1, 0.15) is 5.75 Å². The van der Waals surface area contributed by atoms with E-state index in [0.29, 0.717) is 23.8 Å². The summed E-state index contributed by atoms with van der Waals surface area (Å²) in [6.45, 7) is 4.90. The maximum atomic E-state index is 12.5. The molecule has 0 aromatic heterocycles. The first-order valence-electron chi connectivity index (χ1n) is 7.35. The topological polar surface area (TPSA) is 38.3 Å². The second kappa shape index (κ2) is 7.99. The fraction of sp³-hybridized carbons (Fsp3) is 0.278. The summed E-state index contributed by atoms with van der Waals surface area (Å²) in [6, 6.07) is 14.8. The number of carbonyl (C=O) groups is 1. The molecule has 22 heavy (non-hydrogen) atoms. The summed E-state index contributed by atoms with van der Waals surface area (Å²) in [5.41, 5.74) is 1.28.